The van der Waals surface area contributed by atoms with Crippen molar-refractivity contribution in [2.24, 2.45) is 0 Å². The largest absolute Gasteiger partial charge is 0.360 e. The first-order chi connectivity index (χ1) is 14.5. The maximum absolute atomic E-state index is 13.6. The number of hydrogen-bond acceptors (Lipinski definition) is 5. The van der Waals surface area contributed by atoms with Crippen LogP contribution in [0.5, 0.6) is 0 Å². The van der Waals surface area contributed by atoms with Gasteiger partial charge in [-0.1, -0.05) is 35.0 Å². The average Bonchev–Trinajstić information content (AvgIpc) is 3.35. The third-order valence-corrected chi connectivity index (χ3v) is 6.93. The van der Waals surface area contributed by atoms with Crippen molar-refractivity contribution >= 4 is 29.3 Å². The standard InChI is InChI=1S/C22H22ClN3O4/c1-12-20(21(24-30-12)16-4-2-3-5-17(16)23)22(29)25-13-6-7-14(25)11-15(10-13)26-18(27)8-9-19(26)28/h2-5,13-15H,6-11H2,1H3. The van der Waals surface area contributed by atoms with Crippen molar-refractivity contribution in [3.05, 3.63) is 40.6 Å². The Morgan fingerprint density at radius 2 is 1.70 bits per heavy atom. The van der Waals surface area contributed by atoms with E-state index < -0.39 is 0 Å². The van der Waals surface area contributed by atoms with E-state index in [4.69, 9.17) is 16.1 Å². The van der Waals surface area contributed by atoms with E-state index in [0.717, 1.165) is 12.8 Å². The van der Waals surface area contributed by atoms with E-state index >= 15 is 0 Å². The third kappa shape index (κ3) is 2.95. The second kappa shape index (κ2) is 7.23. The number of benzene rings is 1. The molecule has 1 aromatic carbocycles. The first kappa shape index (κ1) is 19.3. The van der Waals surface area contributed by atoms with Crippen molar-refractivity contribution in [2.75, 3.05) is 0 Å². The number of hydrogen-bond donors (Lipinski definition) is 0. The normalized spacial score (nSPS) is 26.0. The van der Waals surface area contributed by atoms with Crippen molar-refractivity contribution < 1.29 is 18.9 Å². The van der Waals surface area contributed by atoms with Gasteiger partial charge < -0.3 is 9.42 Å². The SMILES string of the molecule is Cc1onc(-c2ccccc2Cl)c1C(=O)N1C2CCC1CC(N1C(=O)CCC1=O)C2. The molecule has 8 heteroatoms. The van der Waals surface area contributed by atoms with Crippen LogP contribution in [-0.2, 0) is 9.59 Å². The highest BCUT2D eigenvalue weighted by Gasteiger charge is 2.48. The van der Waals surface area contributed by atoms with Crippen LogP contribution in [-0.4, -0.2) is 50.8 Å². The lowest BCUT2D eigenvalue weighted by Gasteiger charge is -2.41. The minimum absolute atomic E-state index is 0.00385. The van der Waals surface area contributed by atoms with Crippen molar-refractivity contribution in [3.63, 3.8) is 0 Å². The summed E-state index contributed by atoms with van der Waals surface area (Å²) in [7, 11) is 0. The maximum atomic E-state index is 13.6. The Labute approximate surface area is 178 Å². The van der Waals surface area contributed by atoms with Crippen LogP contribution in [0.1, 0.15) is 54.6 Å². The van der Waals surface area contributed by atoms with Gasteiger partial charge in [0.1, 0.15) is 17.0 Å². The summed E-state index contributed by atoms with van der Waals surface area (Å²) in [4.78, 5) is 41.4. The minimum Gasteiger partial charge on any atom is -0.360 e. The molecule has 0 radical (unpaired) electrons. The molecule has 3 aliphatic rings. The zero-order valence-corrected chi connectivity index (χ0v) is 17.4. The summed E-state index contributed by atoms with van der Waals surface area (Å²) in [5.74, 6) is 0.176. The van der Waals surface area contributed by atoms with Crippen molar-refractivity contribution in [3.8, 4) is 11.3 Å². The van der Waals surface area contributed by atoms with Gasteiger partial charge >= 0.3 is 0 Å². The number of rotatable bonds is 3. The smallest absolute Gasteiger partial charge is 0.260 e. The fourth-order valence-corrected chi connectivity index (χ4v) is 5.51. The number of likely N-dealkylation sites (tertiary alicyclic amines) is 1. The topological polar surface area (TPSA) is 83.7 Å². The van der Waals surface area contributed by atoms with Crippen molar-refractivity contribution in [2.45, 2.75) is 63.6 Å². The first-order valence-electron chi connectivity index (χ1n) is 10.3. The second-order valence-electron chi connectivity index (χ2n) is 8.32. The summed E-state index contributed by atoms with van der Waals surface area (Å²) < 4.78 is 5.38. The van der Waals surface area contributed by atoms with E-state index in [1.165, 1.54) is 4.90 Å². The molecule has 0 saturated carbocycles. The molecule has 3 aliphatic heterocycles. The zero-order valence-electron chi connectivity index (χ0n) is 16.6. The van der Waals surface area contributed by atoms with E-state index in [9.17, 15) is 14.4 Å². The minimum atomic E-state index is -0.117. The first-order valence-corrected chi connectivity index (χ1v) is 10.7. The predicted octanol–water partition coefficient (Wildman–Crippen LogP) is 3.59. The quantitative estimate of drug-likeness (QED) is 0.699. The number of carbonyl (C=O) groups is 3. The summed E-state index contributed by atoms with van der Waals surface area (Å²) in [6.07, 6.45) is 3.60. The Balaban J connectivity index is 1.44. The molecule has 1 aromatic heterocycles. The Morgan fingerprint density at radius 3 is 2.33 bits per heavy atom. The molecule has 3 fully saturated rings. The van der Waals surface area contributed by atoms with Gasteiger partial charge in [-0.05, 0) is 38.7 Å². The number of piperidine rings is 1. The number of aryl methyl sites for hydroxylation is 1. The molecule has 7 nitrogen and oxygen atoms in total. The van der Waals surface area contributed by atoms with Gasteiger partial charge in [0.15, 0.2) is 0 Å². The van der Waals surface area contributed by atoms with Crippen LogP contribution in [0.4, 0.5) is 0 Å². The fourth-order valence-electron chi connectivity index (χ4n) is 5.28. The van der Waals surface area contributed by atoms with E-state index in [0.29, 0.717) is 53.3 Å². The molecule has 2 bridgehead atoms. The molecule has 3 amide bonds. The van der Waals surface area contributed by atoms with E-state index in [2.05, 4.69) is 5.16 Å². The molecule has 30 heavy (non-hydrogen) atoms. The van der Waals surface area contributed by atoms with E-state index in [1.807, 2.05) is 23.1 Å². The predicted molar refractivity (Wildman–Crippen MR) is 109 cm³/mol. The molecule has 2 aromatic rings. The number of fused-ring (bicyclic) bond motifs is 2. The van der Waals surface area contributed by atoms with E-state index in [1.54, 1.807) is 13.0 Å². The van der Waals surface area contributed by atoms with Gasteiger partial charge in [0.2, 0.25) is 11.8 Å². The van der Waals surface area contributed by atoms with Gasteiger partial charge in [-0.3, -0.25) is 19.3 Å². The molecular weight excluding hydrogens is 406 g/mol. The molecule has 2 atom stereocenters. The van der Waals surface area contributed by atoms with Crippen LogP contribution in [0.3, 0.4) is 0 Å². The second-order valence-corrected chi connectivity index (χ2v) is 8.73. The van der Waals surface area contributed by atoms with Gasteiger partial charge in [0, 0.05) is 36.5 Å². The molecule has 5 rings (SSSR count). The number of aromatic nitrogens is 1. The highest BCUT2D eigenvalue weighted by atomic mass is 35.5. The fraction of sp³-hybridized carbons (Fsp3) is 0.455. The van der Waals surface area contributed by atoms with Crippen LogP contribution >= 0.6 is 11.6 Å². The average molecular weight is 428 g/mol. The lowest BCUT2D eigenvalue weighted by atomic mass is 9.94. The van der Waals surface area contributed by atoms with Crippen LogP contribution in [0.2, 0.25) is 5.02 Å². The van der Waals surface area contributed by atoms with Crippen LogP contribution < -0.4 is 0 Å². The molecule has 0 N–H and O–H groups in total. The van der Waals surface area contributed by atoms with Crippen molar-refractivity contribution in [1.82, 2.24) is 15.0 Å². The van der Waals surface area contributed by atoms with Crippen LogP contribution in [0.15, 0.2) is 28.8 Å². The van der Waals surface area contributed by atoms with Gasteiger partial charge in [-0.25, -0.2) is 0 Å². The highest BCUT2D eigenvalue weighted by molar-refractivity contribution is 6.33. The molecule has 156 valence electrons. The van der Waals surface area contributed by atoms with Gasteiger partial charge in [-0.2, -0.15) is 0 Å². The summed E-state index contributed by atoms with van der Waals surface area (Å²) in [5.41, 5.74) is 1.55. The maximum Gasteiger partial charge on any atom is 0.260 e. The number of amides is 3. The van der Waals surface area contributed by atoms with Gasteiger partial charge in [0.05, 0.1) is 5.02 Å². The van der Waals surface area contributed by atoms with Crippen molar-refractivity contribution in [1.29, 1.82) is 0 Å². The molecule has 3 saturated heterocycles. The van der Waals surface area contributed by atoms with Crippen LogP contribution in [0.25, 0.3) is 11.3 Å². The lowest BCUT2D eigenvalue weighted by molar-refractivity contribution is -0.142. The summed E-state index contributed by atoms with van der Waals surface area (Å²) in [6.45, 7) is 1.73. The number of carbonyl (C=O) groups excluding carboxylic acids is 3. The van der Waals surface area contributed by atoms with Gasteiger partial charge in [-0.15, -0.1) is 0 Å². The Morgan fingerprint density at radius 1 is 1.07 bits per heavy atom. The number of nitrogens with zero attached hydrogens (tertiary/aromatic N) is 3. The number of imide groups is 1. The molecule has 4 heterocycles. The summed E-state index contributed by atoms with van der Waals surface area (Å²) >= 11 is 6.34. The van der Waals surface area contributed by atoms with Gasteiger partial charge in [0.25, 0.3) is 5.91 Å². The molecule has 2 unspecified atom stereocenters. The Kier molecular flexibility index (Phi) is 4.65. The molecule has 0 spiro atoms. The summed E-state index contributed by atoms with van der Waals surface area (Å²) in [6, 6.07) is 7.13. The monoisotopic (exact) mass is 427 g/mol. The molecular formula is C22H22ClN3O4. The summed E-state index contributed by atoms with van der Waals surface area (Å²) in [5, 5.41) is 4.63. The highest BCUT2D eigenvalue weighted by Crippen LogP contribution is 2.41. The Hall–Kier alpha value is -2.67. The number of halogens is 1. The van der Waals surface area contributed by atoms with E-state index in [-0.39, 0.29) is 35.8 Å². The van der Waals surface area contributed by atoms with Crippen LogP contribution in [0, 0.1) is 6.92 Å². The zero-order chi connectivity index (χ0) is 21.0. The molecule has 0 aliphatic carbocycles. The Bertz CT molecular complexity index is 1020. The lowest BCUT2D eigenvalue weighted by Crippen LogP contribution is -2.53. The third-order valence-electron chi connectivity index (χ3n) is 6.60.